The van der Waals surface area contributed by atoms with E-state index >= 15 is 0 Å². The Bertz CT molecular complexity index is 1030. The van der Waals surface area contributed by atoms with Crippen molar-refractivity contribution in [3.63, 3.8) is 0 Å². The predicted molar refractivity (Wildman–Crippen MR) is 98.2 cm³/mol. The van der Waals surface area contributed by atoms with E-state index in [1.807, 2.05) is 0 Å². The Labute approximate surface area is 159 Å². The van der Waals surface area contributed by atoms with Gasteiger partial charge in [-0.1, -0.05) is 12.1 Å². The molecule has 0 saturated heterocycles. The number of carbonyl (C=O) groups is 4. The monoisotopic (exact) mass is 381 g/mol. The number of nitrogens with one attached hydrogen (secondary N) is 1. The fourth-order valence-corrected chi connectivity index (χ4v) is 2.85. The molecule has 2 aromatic rings. The highest BCUT2D eigenvalue weighted by atomic mass is 16.6. The second kappa shape index (κ2) is 7.39. The van der Waals surface area contributed by atoms with Gasteiger partial charge in [0, 0.05) is 36.3 Å². The van der Waals surface area contributed by atoms with Crippen LogP contribution in [0, 0.1) is 10.1 Å². The molecule has 28 heavy (non-hydrogen) atoms. The van der Waals surface area contributed by atoms with Crippen molar-refractivity contribution < 1.29 is 24.1 Å². The minimum Gasteiger partial charge on any atom is -0.326 e. The normalized spacial score (nSPS) is 12.7. The second-order valence-electron chi connectivity index (χ2n) is 6.18. The lowest BCUT2D eigenvalue weighted by molar-refractivity contribution is -0.384. The van der Waals surface area contributed by atoms with Gasteiger partial charge in [-0.25, -0.2) is 0 Å². The number of amides is 3. The van der Waals surface area contributed by atoms with Crippen molar-refractivity contribution in [2.24, 2.45) is 0 Å². The lowest BCUT2D eigenvalue weighted by Gasteiger charge is -2.13. The van der Waals surface area contributed by atoms with E-state index in [9.17, 15) is 29.3 Å². The molecule has 0 aromatic heterocycles. The Kier molecular flexibility index (Phi) is 4.99. The van der Waals surface area contributed by atoms with Gasteiger partial charge in [-0.3, -0.25) is 34.2 Å². The first-order valence-electron chi connectivity index (χ1n) is 8.33. The number of benzene rings is 2. The molecule has 0 unspecified atom stereocenters. The van der Waals surface area contributed by atoms with Crippen LogP contribution in [-0.2, 0) is 4.79 Å². The highest BCUT2D eigenvalue weighted by Crippen LogP contribution is 2.27. The summed E-state index contributed by atoms with van der Waals surface area (Å²) in [6.45, 7) is 1.24. The van der Waals surface area contributed by atoms with Crippen molar-refractivity contribution in [1.82, 2.24) is 4.90 Å². The van der Waals surface area contributed by atoms with Crippen LogP contribution in [0.2, 0.25) is 0 Å². The molecule has 1 aliphatic heterocycles. The van der Waals surface area contributed by atoms with Crippen LogP contribution in [-0.4, -0.2) is 39.9 Å². The topological polar surface area (TPSA) is 127 Å². The van der Waals surface area contributed by atoms with E-state index in [0.717, 1.165) is 17.0 Å². The van der Waals surface area contributed by atoms with Crippen molar-refractivity contribution in [1.29, 1.82) is 0 Å². The fraction of sp³-hybridized carbons (Fsp3) is 0.158. The first kappa shape index (κ1) is 18.9. The zero-order chi connectivity index (χ0) is 20.4. The summed E-state index contributed by atoms with van der Waals surface area (Å²) in [4.78, 5) is 59.4. The highest BCUT2D eigenvalue weighted by molar-refractivity contribution is 6.21. The summed E-state index contributed by atoms with van der Waals surface area (Å²) in [6.07, 6.45) is -0.155. The molecule has 2 aromatic carbocycles. The summed E-state index contributed by atoms with van der Waals surface area (Å²) in [5.41, 5.74) is 0.610. The van der Waals surface area contributed by atoms with Gasteiger partial charge in [-0.15, -0.1) is 0 Å². The van der Waals surface area contributed by atoms with Crippen LogP contribution in [0.4, 0.5) is 11.4 Å². The Morgan fingerprint density at radius 3 is 2.46 bits per heavy atom. The number of nitro groups is 1. The van der Waals surface area contributed by atoms with Crippen molar-refractivity contribution in [2.45, 2.75) is 13.3 Å². The van der Waals surface area contributed by atoms with Gasteiger partial charge in [-0.05, 0) is 25.1 Å². The van der Waals surface area contributed by atoms with Crippen LogP contribution in [0.1, 0.15) is 44.4 Å². The van der Waals surface area contributed by atoms with Gasteiger partial charge in [-0.2, -0.15) is 0 Å². The average Bonchev–Trinajstić information content (AvgIpc) is 2.90. The van der Waals surface area contributed by atoms with Crippen LogP contribution in [0.15, 0.2) is 42.5 Å². The largest absolute Gasteiger partial charge is 0.326 e. The molecule has 0 radical (unpaired) electrons. The lowest BCUT2D eigenvalue weighted by atomic mass is 10.1. The molecule has 0 aliphatic carbocycles. The Morgan fingerprint density at radius 1 is 1.07 bits per heavy atom. The van der Waals surface area contributed by atoms with Crippen LogP contribution < -0.4 is 5.32 Å². The Morgan fingerprint density at radius 2 is 1.79 bits per heavy atom. The number of nitro benzene ring substituents is 1. The van der Waals surface area contributed by atoms with E-state index in [4.69, 9.17) is 0 Å². The summed E-state index contributed by atoms with van der Waals surface area (Å²) < 4.78 is 0. The van der Waals surface area contributed by atoms with E-state index in [-0.39, 0.29) is 35.6 Å². The number of hydrogen-bond donors (Lipinski definition) is 1. The number of Topliss-reactive ketones (excluding diaryl/α,β-unsaturated/α-hetero) is 1. The minimum atomic E-state index is -0.671. The van der Waals surface area contributed by atoms with Crippen LogP contribution in [0.3, 0.4) is 0 Å². The van der Waals surface area contributed by atoms with Crippen LogP contribution in [0.25, 0.3) is 0 Å². The number of fused-ring (bicyclic) bond motifs is 1. The second-order valence-corrected chi connectivity index (χ2v) is 6.18. The maximum Gasteiger partial charge on any atom is 0.270 e. The maximum atomic E-state index is 12.4. The molecular formula is C19H15N3O6. The molecule has 3 amide bonds. The predicted octanol–water partition coefficient (Wildman–Crippen LogP) is 2.42. The summed E-state index contributed by atoms with van der Waals surface area (Å²) in [6, 6.07) is 9.85. The summed E-state index contributed by atoms with van der Waals surface area (Å²) in [5.74, 6) is -1.85. The van der Waals surface area contributed by atoms with Gasteiger partial charge in [0.1, 0.15) is 0 Å². The third-order valence-corrected chi connectivity index (χ3v) is 4.28. The number of nitrogens with zero attached hydrogens (tertiary/aromatic N) is 2. The molecule has 9 heteroatoms. The third-order valence-electron chi connectivity index (χ3n) is 4.28. The van der Waals surface area contributed by atoms with E-state index in [2.05, 4.69) is 5.32 Å². The molecule has 0 fully saturated rings. The standard InChI is InChI=1S/C19H15N3O6/c1-11(23)12-3-2-4-13(9-12)20-17(24)7-8-21-18(25)15-6-5-14(22(27)28)10-16(15)19(21)26/h2-6,9-10H,7-8H2,1H3,(H,20,24). The van der Waals surface area contributed by atoms with E-state index in [1.54, 1.807) is 18.2 Å². The van der Waals surface area contributed by atoms with Crippen molar-refractivity contribution >= 4 is 34.9 Å². The van der Waals surface area contributed by atoms with Crippen LogP contribution >= 0.6 is 0 Å². The zero-order valence-corrected chi connectivity index (χ0v) is 14.8. The number of ketones is 1. The molecule has 0 atom stereocenters. The van der Waals surface area contributed by atoms with Crippen LogP contribution in [0.5, 0.6) is 0 Å². The van der Waals surface area contributed by atoms with Gasteiger partial charge in [0.15, 0.2) is 5.78 Å². The maximum absolute atomic E-state index is 12.4. The number of non-ortho nitro benzene ring substituents is 1. The highest BCUT2D eigenvalue weighted by Gasteiger charge is 2.36. The first-order chi connectivity index (χ1) is 13.3. The number of imide groups is 1. The van der Waals surface area contributed by atoms with E-state index in [0.29, 0.717) is 11.3 Å². The smallest absolute Gasteiger partial charge is 0.270 e. The van der Waals surface area contributed by atoms with Crippen molar-refractivity contribution in [3.8, 4) is 0 Å². The van der Waals surface area contributed by atoms with E-state index in [1.165, 1.54) is 19.1 Å². The van der Waals surface area contributed by atoms with Gasteiger partial charge in [0.2, 0.25) is 5.91 Å². The number of carbonyl (C=O) groups excluding carboxylic acids is 4. The van der Waals surface area contributed by atoms with Gasteiger partial charge >= 0.3 is 0 Å². The fourth-order valence-electron chi connectivity index (χ4n) is 2.85. The van der Waals surface area contributed by atoms with Gasteiger partial charge < -0.3 is 5.32 Å². The molecule has 1 heterocycles. The van der Waals surface area contributed by atoms with Crippen molar-refractivity contribution in [3.05, 3.63) is 69.3 Å². The molecule has 3 rings (SSSR count). The number of hydrogen-bond acceptors (Lipinski definition) is 6. The number of anilines is 1. The summed E-state index contributed by atoms with van der Waals surface area (Å²) >= 11 is 0. The zero-order valence-electron chi connectivity index (χ0n) is 14.8. The first-order valence-corrected chi connectivity index (χ1v) is 8.33. The third kappa shape index (κ3) is 3.63. The molecule has 9 nitrogen and oxygen atoms in total. The molecule has 0 saturated carbocycles. The molecule has 0 bridgehead atoms. The average molecular weight is 381 g/mol. The SMILES string of the molecule is CC(=O)c1cccc(NC(=O)CCN2C(=O)c3ccc([N+](=O)[O-])cc3C2=O)c1. The molecule has 1 N–H and O–H groups in total. The Balaban J connectivity index is 1.66. The quantitative estimate of drug-likeness (QED) is 0.354. The number of rotatable bonds is 6. The summed E-state index contributed by atoms with van der Waals surface area (Å²) in [5, 5.41) is 13.5. The Hall–Kier alpha value is -3.88. The lowest BCUT2D eigenvalue weighted by Crippen LogP contribution is -2.32. The molecule has 1 aliphatic rings. The molecule has 0 spiro atoms. The summed E-state index contributed by atoms with van der Waals surface area (Å²) in [7, 11) is 0. The minimum absolute atomic E-state index is 0.0474. The van der Waals surface area contributed by atoms with Crippen molar-refractivity contribution in [2.75, 3.05) is 11.9 Å². The van der Waals surface area contributed by atoms with Gasteiger partial charge in [0.25, 0.3) is 17.5 Å². The van der Waals surface area contributed by atoms with E-state index < -0.39 is 22.6 Å². The van der Waals surface area contributed by atoms with Gasteiger partial charge in [0.05, 0.1) is 16.1 Å². The molecular weight excluding hydrogens is 366 g/mol. The molecule has 142 valence electrons.